The molecular weight excluding hydrogens is 368 g/mol. The number of nitrogens with one attached hydrogen (secondary N) is 1. The Balaban J connectivity index is 1.68. The number of anilines is 1. The lowest BCUT2D eigenvalue weighted by Crippen LogP contribution is -2.31. The van der Waals surface area contributed by atoms with Crippen molar-refractivity contribution in [1.29, 1.82) is 0 Å². The number of carbonyl (C=O) groups excluding carboxylic acids is 1. The van der Waals surface area contributed by atoms with Crippen LogP contribution in [0.25, 0.3) is 0 Å². The van der Waals surface area contributed by atoms with Crippen molar-refractivity contribution in [2.45, 2.75) is 38.2 Å². The quantitative estimate of drug-likeness (QED) is 0.837. The Hall–Kier alpha value is -2.52. The number of sulfonamides is 1. The van der Waals surface area contributed by atoms with E-state index in [9.17, 15) is 13.2 Å². The van der Waals surface area contributed by atoms with Gasteiger partial charge in [-0.1, -0.05) is 0 Å². The molecule has 1 aliphatic rings. The van der Waals surface area contributed by atoms with E-state index >= 15 is 0 Å². The normalized spacial score (nSPS) is 17.7. The molecule has 0 unspecified atom stereocenters. The monoisotopic (exact) mass is 390 g/mol. The first kappa shape index (κ1) is 19.2. The maximum Gasteiger partial charge on any atom is 0.317 e. The Morgan fingerprint density at radius 3 is 2.41 bits per heavy atom. The van der Waals surface area contributed by atoms with Crippen molar-refractivity contribution in [3.63, 3.8) is 0 Å². The highest BCUT2D eigenvalue weighted by atomic mass is 32.2. The summed E-state index contributed by atoms with van der Waals surface area (Å²) in [4.78, 5) is 19.7. The summed E-state index contributed by atoms with van der Waals surface area (Å²) in [6, 6.07) is 8.24. The summed E-state index contributed by atoms with van der Waals surface area (Å²) >= 11 is 0. The molecule has 1 aromatic heterocycles. The Morgan fingerprint density at radius 2 is 1.81 bits per heavy atom. The van der Waals surface area contributed by atoms with Crippen molar-refractivity contribution in [3.8, 4) is 6.01 Å². The van der Waals surface area contributed by atoms with Crippen molar-refractivity contribution in [3.05, 3.63) is 41.7 Å². The number of ether oxygens (including phenoxy) is 1. The molecule has 1 N–H and O–H groups in total. The van der Waals surface area contributed by atoms with Crippen LogP contribution in [0.2, 0.25) is 0 Å². The average molecular weight is 390 g/mol. The number of benzene rings is 1. The fourth-order valence-corrected chi connectivity index (χ4v) is 4.46. The van der Waals surface area contributed by atoms with Crippen molar-refractivity contribution in [1.82, 2.24) is 14.3 Å². The summed E-state index contributed by atoms with van der Waals surface area (Å²) in [5, 5.41) is 2.62. The molecule has 0 saturated carbocycles. The molecule has 1 amide bonds. The molecule has 27 heavy (non-hydrogen) atoms. The van der Waals surface area contributed by atoms with E-state index in [2.05, 4.69) is 15.3 Å². The van der Waals surface area contributed by atoms with Crippen molar-refractivity contribution in [2.24, 2.45) is 0 Å². The predicted molar refractivity (Wildman–Crippen MR) is 100 cm³/mol. The van der Waals surface area contributed by atoms with E-state index in [1.54, 1.807) is 12.1 Å². The van der Waals surface area contributed by atoms with Crippen LogP contribution in [0.3, 0.4) is 0 Å². The van der Waals surface area contributed by atoms with E-state index in [1.165, 1.54) is 23.4 Å². The minimum absolute atomic E-state index is 0.180. The van der Waals surface area contributed by atoms with E-state index in [1.807, 2.05) is 19.9 Å². The molecule has 9 heteroatoms. The molecule has 2 aromatic rings. The largest absolute Gasteiger partial charge is 0.459 e. The molecule has 1 atom stereocenters. The van der Waals surface area contributed by atoms with Gasteiger partial charge >= 0.3 is 6.01 Å². The second-order valence-electron chi connectivity index (χ2n) is 6.53. The smallest absolute Gasteiger partial charge is 0.317 e. The molecule has 8 nitrogen and oxygen atoms in total. The highest BCUT2D eigenvalue weighted by Gasteiger charge is 2.34. The zero-order valence-corrected chi connectivity index (χ0v) is 16.3. The Morgan fingerprint density at radius 1 is 1.19 bits per heavy atom. The summed E-state index contributed by atoms with van der Waals surface area (Å²) in [5.41, 5.74) is 2.16. The van der Waals surface area contributed by atoms with E-state index in [0.29, 0.717) is 18.7 Å². The van der Waals surface area contributed by atoms with Gasteiger partial charge in [0.05, 0.1) is 11.4 Å². The summed E-state index contributed by atoms with van der Waals surface area (Å²) < 4.78 is 32.8. The third-order valence-electron chi connectivity index (χ3n) is 4.15. The summed E-state index contributed by atoms with van der Waals surface area (Å²) in [5.74, 6) is -0.209. The van der Waals surface area contributed by atoms with E-state index in [-0.39, 0.29) is 29.5 Å². The van der Waals surface area contributed by atoms with Gasteiger partial charge in [0.25, 0.3) is 0 Å². The second kappa shape index (κ2) is 7.61. The zero-order valence-electron chi connectivity index (χ0n) is 15.5. The molecule has 1 aliphatic heterocycles. The van der Waals surface area contributed by atoms with Gasteiger partial charge in [-0.25, -0.2) is 18.4 Å². The van der Waals surface area contributed by atoms with Gasteiger partial charge < -0.3 is 10.1 Å². The number of amides is 1. The van der Waals surface area contributed by atoms with Crippen LogP contribution in [0.5, 0.6) is 6.01 Å². The standard InChI is InChI=1S/C18H22N4O4S/c1-12-10-13(2)20-18(19-12)26-16-8-9-22(11-16)27(24,25)17-6-4-15(5-7-17)21-14(3)23/h4-7,10,16H,8-9,11H2,1-3H3,(H,21,23)/t16-/m0/s1. The van der Waals surface area contributed by atoms with Gasteiger partial charge in [-0.3, -0.25) is 4.79 Å². The Bertz CT molecular complexity index is 924. The SMILES string of the molecule is CC(=O)Nc1ccc(S(=O)(=O)N2CC[C@H](Oc3nc(C)cc(C)n3)C2)cc1. The van der Waals surface area contributed by atoms with Crippen LogP contribution in [0, 0.1) is 13.8 Å². The number of aromatic nitrogens is 2. The van der Waals surface area contributed by atoms with E-state index < -0.39 is 10.0 Å². The maximum absolute atomic E-state index is 12.8. The van der Waals surface area contributed by atoms with Crippen LogP contribution >= 0.6 is 0 Å². The molecule has 1 fully saturated rings. The molecule has 1 saturated heterocycles. The van der Waals surface area contributed by atoms with Crippen molar-refractivity contribution < 1.29 is 17.9 Å². The van der Waals surface area contributed by atoms with E-state index in [0.717, 1.165) is 11.4 Å². The number of hydrogen-bond donors (Lipinski definition) is 1. The number of rotatable bonds is 5. The lowest BCUT2D eigenvalue weighted by Gasteiger charge is -2.17. The van der Waals surface area contributed by atoms with Crippen molar-refractivity contribution in [2.75, 3.05) is 18.4 Å². The minimum Gasteiger partial charge on any atom is -0.459 e. The summed E-state index contributed by atoms with van der Waals surface area (Å²) in [7, 11) is -3.63. The highest BCUT2D eigenvalue weighted by molar-refractivity contribution is 7.89. The molecular formula is C18H22N4O4S. The van der Waals surface area contributed by atoms with Gasteiger partial charge in [0, 0.05) is 30.5 Å². The third kappa shape index (κ3) is 4.61. The number of aryl methyl sites for hydroxylation is 2. The molecule has 1 aromatic carbocycles. The molecule has 144 valence electrons. The third-order valence-corrected chi connectivity index (χ3v) is 6.03. The number of carbonyl (C=O) groups is 1. The highest BCUT2D eigenvalue weighted by Crippen LogP contribution is 2.24. The molecule has 0 radical (unpaired) electrons. The van der Waals surface area contributed by atoms with Crippen LogP contribution in [-0.2, 0) is 14.8 Å². The number of hydrogen-bond acceptors (Lipinski definition) is 6. The zero-order chi connectivity index (χ0) is 19.6. The maximum atomic E-state index is 12.8. The first-order valence-corrected chi connectivity index (χ1v) is 10.0. The summed E-state index contributed by atoms with van der Waals surface area (Å²) in [6.07, 6.45) is 0.277. The molecule has 0 bridgehead atoms. The van der Waals surface area contributed by atoms with E-state index in [4.69, 9.17) is 4.74 Å². The summed E-state index contributed by atoms with van der Waals surface area (Å²) in [6.45, 7) is 5.72. The number of nitrogens with zero attached hydrogens (tertiary/aromatic N) is 3. The fourth-order valence-electron chi connectivity index (χ4n) is 2.97. The van der Waals surface area contributed by atoms with Gasteiger partial charge in [-0.05, 0) is 50.6 Å². The molecule has 2 heterocycles. The van der Waals surface area contributed by atoms with Crippen LogP contribution < -0.4 is 10.1 Å². The van der Waals surface area contributed by atoms with Crippen LogP contribution in [0.4, 0.5) is 5.69 Å². The predicted octanol–water partition coefficient (Wildman–Crippen LogP) is 1.89. The van der Waals surface area contributed by atoms with Crippen LogP contribution in [0.1, 0.15) is 24.7 Å². The van der Waals surface area contributed by atoms with Gasteiger partial charge in [-0.2, -0.15) is 4.31 Å². The van der Waals surface area contributed by atoms with Crippen LogP contribution in [-0.4, -0.2) is 47.8 Å². The van der Waals surface area contributed by atoms with Gasteiger partial charge in [0.2, 0.25) is 15.9 Å². The van der Waals surface area contributed by atoms with Gasteiger partial charge in [0.15, 0.2) is 0 Å². The molecule has 0 spiro atoms. The Kier molecular flexibility index (Phi) is 5.43. The van der Waals surface area contributed by atoms with Gasteiger partial charge in [-0.15, -0.1) is 0 Å². The topological polar surface area (TPSA) is 101 Å². The minimum atomic E-state index is -3.63. The second-order valence-corrected chi connectivity index (χ2v) is 8.47. The van der Waals surface area contributed by atoms with Gasteiger partial charge in [0.1, 0.15) is 6.10 Å². The first-order valence-electron chi connectivity index (χ1n) is 8.61. The average Bonchev–Trinajstić information content (AvgIpc) is 3.03. The fraction of sp³-hybridized carbons (Fsp3) is 0.389. The van der Waals surface area contributed by atoms with Crippen molar-refractivity contribution >= 4 is 21.6 Å². The lowest BCUT2D eigenvalue weighted by molar-refractivity contribution is -0.114. The first-order chi connectivity index (χ1) is 12.7. The van der Waals surface area contributed by atoms with Crippen LogP contribution in [0.15, 0.2) is 35.2 Å². The molecule has 0 aliphatic carbocycles. The molecule has 3 rings (SSSR count). The lowest BCUT2D eigenvalue weighted by atomic mass is 10.3. The Labute approximate surface area is 158 Å².